The fourth-order valence-corrected chi connectivity index (χ4v) is 3.94. The predicted octanol–water partition coefficient (Wildman–Crippen LogP) is 0.943. The summed E-state index contributed by atoms with van der Waals surface area (Å²) in [5.41, 5.74) is 0. The Morgan fingerprint density at radius 2 is 1.88 bits per heavy atom. The predicted molar refractivity (Wildman–Crippen MR) is 103 cm³/mol. The van der Waals surface area contributed by atoms with Crippen molar-refractivity contribution in [2.75, 3.05) is 66.6 Å². The minimum Gasteiger partial charge on any atom is -0.376 e. The molecule has 0 saturated carbocycles. The fourth-order valence-electron chi connectivity index (χ4n) is 3.94. The van der Waals surface area contributed by atoms with Gasteiger partial charge in [0.1, 0.15) is 0 Å². The highest BCUT2D eigenvalue weighted by atomic mass is 16.5. The van der Waals surface area contributed by atoms with Crippen molar-refractivity contribution < 1.29 is 14.2 Å². The summed E-state index contributed by atoms with van der Waals surface area (Å²) in [6.07, 6.45) is 6.62. The van der Waals surface area contributed by atoms with Gasteiger partial charge < -0.3 is 29.3 Å². The molecule has 1 N–H and O–H groups in total. The lowest BCUT2D eigenvalue weighted by Gasteiger charge is -2.36. The molecule has 0 aromatic carbocycles. The maximum atomic E-state index is 6.11. The molecule has 7 nitrogen and oxygen atoms in total. The van der Waals surface area contributed by atoms with Crippen LogP contribution in [0.25, 0.3) is 0 Å². The molecule has 0 bridgehead atoms. The summed E-state index contributed by atoms with van der Waals surface area (Å²) in [6, 6.07) is 0. The average molecular weight is 369 g/mol. The van der Waals surface area contributed by atoms with Crippen molar-refractivity contribution in [2.45, 2.75) is 50.4 Å². The zero-order chi connectivity index (χ0) is 18.2. The third-order valence-corrected chi connectivity index (χ3v) is 5.57. The van der Waals surface area contributed by atoms with E-state index in [1.54, 1.807) is 0 Å². The molecule has 0 aromatic heterocycles. The number of hydrogen-bond acceptors (Lipinski definition) is 5. The third kappa shape index (κ3) is 6.08. The smallest absolute Gasteiger partial charge is 0.193 e. The van der Waals surface area contributed by atoms with E-state index in [1.165, 1.54) is 12.8 Å². The van der Waals surface area contributed by atoms with E-state index in [0.29, 0.717) is 12.2 Å². The summed E-state index contributed by atoms with van der Waals surface area (Å²) in [7, 11) is 4.01. The first kappa shape index (κ1) is 19.9. The van der Waals surface area contributed by atoms with Gasteiger partial charge in [0.15, 0.2) is 5.96 Å². The standard InChI is InChI=1S/C19H36N4O3/c1-20-19(21-13-18-14-22(2)10-12-25-18)23-8-6-16(7-9-23)26-15-17-5-3-4-11-24-17/h16-18H,3-15H2,1-2H3,(H,20,21). The molecular formula is C19H36N4O3. The van der Waals surface area contributed by atoms with Crippen LogP contribution in [-0.4, -0.2) is 101 Å². The summed E-state index contributed by atoms with van der Waals surface area (Å²) >= 11 is 0. The highest BCUT2D eigenvalue weighted by Crippen LogP contribution is 2.18. The summed E-state index contributed by atoms with van der Waals surface area (Å²) in [4.78, 5) is 9.11. The monoisotopic (exact) mass is 368 g/mol. The number of rotatable bonds is 5. The normalized spacial score (nSPS) is 29.8. The molecule has 2 atom stereocenters. The van der Waals surface area contributed by atoms with E-state index in [9.17, 15) is 0 Å². The van der Waals surface area contributed by atoms with Gasteiger partial charge in [-0.3, -0.25) is 4.99 Å². The summed E-state index contributed by atoms with van der Waals surface area (Å²) in [5.74, 6) is 0.982. The molecule has 3 heterocycles. The highest BCUT2D eigenvalue weighted by Gasteiger charge is 2.25. The molecule has 150 valence electrons. The van der Waals surface area contributed by atoms with Gasteiger partial charge in [-0.25, -0.2) is 0 Å². The van der Waals surface area contributed by atoms with Crippen molar-refractivity contribution in [3.63, 3.8) is 0 Å². The minimum atomic E-state index is 0.238. The Morgan fingerprint density at radius 3 is 2.58 bits per heavy atom. The number of likely N-dealkylation sites (N-methyl/N-ethyl adjacent to an activating group) is 1. The van der Waals surface area contributed by atoms with E-state index in [-0.39, 0.29) is 6.10 Å². The van der Waals surface area contributed by atoms with Crippen molar-refractivity contribution in [1.29, 1.82) is 0 Å². The lowest BCUT2D eigenvalue weighted by Crippen LogP contribution is -2.51. The number of guanidine groups is 1. The van der Waals surface area contributed by atoms with Crippen molar-refractivity contribution in [3.8, 4) is 0 Å². The maximum Gasteiger partial charge on any atom is 0.193 e. The Kier molecular flexibility index (Phi) is 7.98. The second-order valence-corrected chi connectivity index (χ2v) is 7.69. The van der Waals surface area contributed by atoms with Crippen LogP contribution in [0.5, 0.6) is 0 Å². The number of nitrogens with zero attached hydrogens (tertiary/aromatic N) is 3. The largest absolute Gasteiger partial charge is 0.376 e. The zero-order valence-electron chi connectivity index (χ0n) is 16.5. The molecule has 7 heteroatoms. The van der Waals surface area contributed by atoms with Crippen LogP contribution in [-0.2, 0) is 14.2 Å². The Hall–Kier alpha value is -0.890. The van der Waals surface area contributed by atoms with Crippen molar-refractivity contribution in [3.05, 3.63) is 0 Å². The molecule has 0 amide bonds. The van der Waals surface area contributed by atoms with Crippen LogP contribution < -0.4 is 5.32 Å². The third-order valence-electron chi connectivity index (χ3n) is 5.57. The van der Waals surface area contributed by atoms with Crippen LogP contribution in [0, 0.1) is 0 Å². The van der Waals surface area contributed by atoms with Gasteiger partial charge in [0, 0.05) is 46.4 Å². The van der Waals surface area contributed by atoms with E-state index in [4.69, 9.17) is 14.2 Å². The Balaban J connectivity index is 1.34. The second-order valence-electron chi connectivity index (χ2n) is 7.69. The van der Waals surface area contributed by atoms with Gasteiger partial charge in [-0.2, -0.15) is 0 Å². The van der Waals surface area contributed by atoms with E-state index in [1.807, 2.05) is 7.05 Å². The van der Waals surface area contributed by atoms with Gasteiger partial charge in [0.05, 0.1) is 31.5 Å². The molecule has 0 aromatic rings. The first-order valence-corrected chi connectivity index (χ1v) is 10.2. The van der Waals surface area contributed by atoms with Gasteiger partial charge >= 0.3 is 0 Å². The molecule has 0 radical (unpaired) electrons. The fraction of sp³-hybridized carbons (Fsp3) is 0.947. The molecule has 0 aliphatic carbocycles. The van der Waals surface area contributed by atoms with Crippen LogP contribution in [0.15, 0.2) is 4.99 Å². The van der Waals surface area contributed by atoms with E-state index < -0.39 is 0 Å². The van der Waals surface area contributed by atoms with Gasteiger partial charge in [-0.05, 0) is 39.2 Å². The maximum absolute atomic E-state index is 6.11. The van der Waals surface area contributed by atoms with Crippen LogP contribution in [0.4, 0.5) is 0 Å². The van der Waals surface area contributed by atoms with E-state index in [2.05, 4.69) is 27.2 Å². The Morgan fingerprint density at radius 1 is 1.08 bits per heavy atom. The summed E-state index contributed by atoms with van der Waals surface area (Å²) in [6.45, 7) is 7.25. The van der Waals surface area contributed by atoms with Crippen LogP contribution in [0.2, 0.25) is 0 Å². The van der Waals surface area contributed by atoms with E-state index in [0.717, 1.165) is 77.8 Å². The molecule has 0 spiro atoms. The quantitative estimate of drug-likeness (QED) is 0.576. The van der Waals surface area contributed by atoms with Gasteiger partial charge in [0.2, 0.25) is 0 Å². The zero-order valence-corrected chi connectivity index (χ0v) is 16.5. The highest BCUT2D eigenvalue weighted by molar-refractivity contribution is 5.80. The number of hydrogen-bond donors (Lipinski definition) is 1. The topological polar surface area (TPSA) is 58.6 Å². The van der Waals surface area contributed by atoms with Crippen LogP contribution >= 0.6 is 0 Å². The molecule has 2 unspecified atom stereocenters. The number of piperidine rings is 1. The SMILES string of the molecule is CN=C(NCC1CN(C)CCO1)N1CCC(OCC2CCCCO2)CC1. The van der Waals surface area contributed by atoms with Crippen molar-refractivity contribution >= 4 is 5.96 Å². The average Bonchev–Trinajstić information content (AvgIpc) is 2.69. The van der Waals surface area contributed by atoms with Crippen molar-refractivity contribution in [2.24, 2.45) is 4.99 Å². The van der Waals surface area contributed by atoms with Crippen molar-refractivity contribution in [1.82, 2.24) is 15.1 Å². The second kappa shape index (κ2) is 10.4. The lowest BCUT2D eigenvalue weighted by molar-refractivity contribution is -0.0721. The molecular weight excluding hydrogens is 332 g/mol. The molecule has 3 aliphatic heterocycles. The molecule has 3 rings (SSSR count). The van der Waals surface area contributed by atoms with Gasteiger partial charge in [-0.1, -0.05) is 0 Å². The Labute approximate surface area is 158 Å². The van der Waals surface area contributed by atoms with Gasteiger partial charge in [-0.15, -0.1) is 0 Å². The lowest BCUT2D eigenvalue weighted by atomic mass is 10.1. The summed E-state index contributed by atoms with van der Waals surface area (Å²) < 4.78 is 17.7. The van der Waals surface area contributed by atoms with Crippen LogP contribution in [0.3, 0.4) is 0 Å². The van der Waals surface area contributed by atoms with Gasteiger partial charge in [0.25, 0.3) is 0 Å². The molecule has 3 fully saturated rings. The van der Waals surface area contributed by atoms with Crippen LogP contribution in [0.1, 0.15) is 32.1 Å². The Bertz CT molecular complexity index is 435. The number of morpholine rings is 1. The number of nitrogens with one attached hydrogen (secondary N) is 1. The first-order valence-electron chi connectivity index (χ1n) is 10.2. The number of likely N-dealkylation sites (tertiary alicyclic amines) is 1. The summed E-state index contributed by atoms with van der Waals surface area (Å²) in [5, 5.41) is 3.49. The molecule has 26 heavy (non-hydrogen) atoms. The number of ether oxygens (including phenoxy) is 3. The van der Waals surface area contributed by atoms with E-state index >= 15 is 0 Å². The molecule has 3 aliphatic rings. The minimum absolute atomic E-state index is 0.238. The molecule has 3 saturated heterocycles. The first-order chi connectivity index (χ1) is 12.7. The number of aliphatic imine (C=N–C) groups is 1.